The van der Waals surface area contributed by atoms with Crippen LogP contribution in [-0.2, 0) is 28.5 Å². The van der Waals surface area contributed by atoms with Gasteiger partial charge < -0.3 is 39.4 Å². The highest BCUT2D eigenvalue weighted by atomic mass is 16.6. The van der Waals surface area contributed by atoms with Crippen LogP contribution in [-0.4, -0.2) is 112 Å². The van der Waals surface area contributed by atoms with Gasteiger partial charge in [0.2, 0.25) is 0 Å². The molecule has 0 aromatic heterocycles. The fraction of sp³-hybridized carbons (Fsp3) is 0.889. The number of esters is 2. The molecule has 0 heterocycles. The quantitative estimate of drug-likeness (QED) is 0.0476. The summed E-state index contributed by atoms with van der Waals surface area (Å²) in [5.41, 5.74) is 0. The highest BCUT2D eigenvalue weighted by Gasteiger charge is 2.15. The number of ether oxygens (including phenoxy) is 4. The van der Waals surface area contributed by atoms with E-state index in [1.807, 2.05) is 13.8 Å². The third-order valence-corrected chi connectivity index (χ3v) is 8.28. The Morgan fingerprint density at radius 2 is 0.958 bits per heavy atom. The van der Waals surface area contributed by atoms with Gasteiger partial charge in [0, 0.05) is 39.3 Å². The molecule has 0 radical (unpaired) electrons. The molecule has 0 spiro atoms. The minimum absolute atomic E-state index is 0.0321. The average Bonchev–Trinajstić information content (AvgIpc) is 3.07. The van der Waals surface area contributed by atoms with Crippen LogP contribution in [0.5, 0.6) is 0 Å². The van der Waals surface area contributed by atoms with Crippen molar-refractivity contribution in [3.8, 4) is 0 Å². The monoisotopic (exact) mass is 687 g/mol. The average molecular weight is 687 g/mol. The summed E-state index contributed by atoms with van der Waals surface area (Å²) in [6, 6.07) is 0. The smallest absolute Gasteiger partial charge is 0.407 e. The number of unbranched alkanes of at least 4 members (excludes halogenated alkanes) is 4. The third-order valence-electron chi connectivity index (χ3n) is 8.28. The van der Waals surface area contributed by atoms with E-state index in [4.69, 9.17) is 18.9 Å². The van der Waals surface area contributed by atoms with Gasteiger partial charge in [0.25, 0.3) is 0 Å². The number of nitrogens with zero attached hydrogens (tertiary/aromatic N) is 2. The van der Waals surface area contributed by atoms with Crippen molar-refractivity contribution in [3.05, 3.63) is 0 Å². The zero-order chi connectivity index (χ0) is 35.8. The molecule has 0 rings (SSSR count). The van der Waals surface area contributed by atoms with Crippen LogP contribution >= 0.6 is 0 Å². The Morgan fingerprint density at radius 1 is 0.542 bits per heavy atom. The first kappa shape index (κ1) is 45.4. The molecule has 2 amide bonds. The minimum Gasteiger partial charge on any atom is -0.466 e. The summed E-state index contributed by atoms with van der Waals surface area (Å²) in [5, 5.41) is 5.59. The Kier molecular flexibility index (Phi) is 29.9. The van der Waals surface area contributed by atoms with Crippen LogP contribution in [0.2, 0.25) is 0 Å². The Morgan fingerprint density at radius 3 is 1.33 bits per heavy atom. The molecule has 0 saturated heterocycles. The Hall–Kier alpha value is -2.60. The van der Waals surface area contributed by atoms with Crippen LogP contribution in [0.25, 0.3) is 0 Å². The second-order valence-electron chi connectivity index (χ2n) is 12.2. The molecular weight excluding hydrogens is 616 g/mol. The highest BCUT2D eigenvalue weighted by Crippen LogP contribution is 2.08. The SMILES string of the molecule is CCCC(CC)OC(=O)NCCCCCOC(=O)CCN(CCC(=O)OCCCCCNC(=O)OC(CC)CCC)CCN(CC)CC. The van der Waals surface area contributed by atoms with Gasteiger partial charge in [0.15, 0.2) is 0 Å². The van der Waals surface area contributed by atoms with E-state index in [0.29, 0.717) is 39.4 Å². The van der Waals surface area contributed by atoms with E-state index in [2.05, 4.69) is 48.1 Å². The fourth-order valence-electron chi connectivity index (χ4n) is 5.08. The van der Waals surface area contributed by atoms with E-state index in [0.717, 1.165) is 103 Å². The Labute approximate surface area is 291 Å². The molecule has 0 aliphatic carbocycles. The van der Waals surface area contributed by atoms with Crippen molar-refractivity contribution in [2.75, 3.05) is 65.6 Å². The van der Waals surface area contributed by atoms with Crippen LogP contribution in [0, 0.1) is 0 Å². The first-order chi connectivity index (χ1) is 23.2. The van der Waals surface area contributed by atoms with E-state index >= 15 is 0 Å². The molecule has 48 heavy (non-hydrogen) atoms. The van der Waals surface area contributed by atoms with Gasteiger partial charge in [0.1, 0.15) is 12.2 Å². The van der Waals surface area contributed by atoms with E-state index in [1.165, 1.54) is 0 Å². The van der Waals surface area contributed by atoms with Crippen molar-refractivity contribution in [2.24, 2.45) is 0 Å². The third kappa shape index (κ3) is 26.4. The van der Waals surface area contributed by atoms with E-state index < -0.39 is 0 Å². The van der Waals surface area contributed by atoms with Gasteiger partial charge in [-0.1, -0.05) is 54.4 Å². The molecule has 0 aromatic carbocycles. The standard InChI is InChI=1S/C36H70N4O8/c1-7-19-31(9-3)47-35(43)37-23-15-13-17-29-45-33(41)21-25-40(28-27-39(11-5)12-6)26-22-34(42)46-30-18-14-16-24-38-36(44)48-32(10-4)20-8-2/h31-32H,7-30H2,1-6H3,(H,37,43)(H,38,44). The maximum Gasteiger partial charge on any atom is 0.407 e. The van der Waals surface area contributed by atoms with Crippen LogP contribution in [0.4, 0.5) is 9.59 Å². The van der Waals surface area contributed by atoms with Gasteiger partial charge in [-0.2, -0.15) is 0 Å². The van der Waals surface area contributed by atoms with Crippen LogP contribution < -0.4 is 10.6 Å². The fourth-order valence-corrected chi connectivity index (χ4v) is 5.08. The molecule has 2 atom stereocenters. The number of carbonyl (C=O) groups excluding carboxylic acids is 4. The van der Waals surface area contributed by atoms with E-state index in [9.17, 15) is 19.2 Å². The molecule has 282 valence electrons. The summed E-state index contributed by atoms with van der Waals surface area (Å²) in [6.45, 7) is 18.7. The predicted octanol–water partition coefficient (Wildman–Crippen LogP) is 6.45. The van der Waals surface area contributed by atoms with Gasteiger partial charge in [-0.15, -0.1) is 0 Å². The molecule has 0 saturated carbocycles. The predicted molar refractivity (Wildman–Crippen MR) is 190 cm³/mol. The lowest BCUT2D eigenvalue weighted by molar-refractivity contribution is -0.144. The minimum atomic E-state index is -0.367. The summed E-state index contributed by atoms with van der Waals surface area (Å²) >= 11 is 0. The van der Waals surface area contributed by atoms with Crippen molar-refractivity contribution in [1.29, 1.82) is 0 Å². The number of rotatable bonds is 31. The molecule has 0 fully saturated rings. The largest absolute Gasteiger partial charge is 0.466 e. The Bertz CT molecular complexity index is 770. The van der Waals surface area contributed by atoms with Crippen molar-refractivity contribution < 1.29 is 38.1 Å². The number of hydrogen-bond donors (Lipinski definition) is 2. The summed E-state index contributed by atoms with van der Waals surface area (Å²) in [5.74, 6) is -0.495. The molecular formula is C36H70N4O8. The first-order valence-corrected chi connectivity index (χ1v) is 18.9. The Balaban J connectivity index is 4.24. The maximum absolute atomic E-state index is 12.4. The van der Waals surface area contributed by atoms with Gasteiger partial charge in [-0.05, 0) is 77.3 Å². The van der Waals surface area contributed by atoms with Gasteiger partial charge in [-0.25, -0.2) is 9.59 Å². The molecule has 0 aromatic rings. The number of amides is 2. The van der Waals surface area contributed by atoms with Gasteiger partial charge in [-0.3, -0.25) is 9.59 Å². The lowest BCUT2D eigenvalue weighted by Gasteiger charge is -2.25. The number of likely N-dealkylation sites (N-methyl/N-ethyl adjacent to an activating group) is 1. The number of hydrogen-bond acceptors (Lipinski definition) is 10. The maximum atomic E-state index is 12.4. The molecule has 0 aliphatic heterocycles. The molecule has 12 heteroatoms. The number of alkyl carbamates (subject to hydrolysis) is 2. The first-order valence-electron chi connectivity index (χ1n) is 18.9. The molecule has 0 bridgehead atoms. The zero-order valence-electron chi connectivity index (χ0n) is 31.3. The molecule has 2 N–H and O–H groups in total. The lowest BCUT2D eigenvalue weighted by atomic mass is 10.2. The molecule has 2 unspecified atom stereocenters. The van der Waals surface area contributed by atoms with Crippen molar-refractivity contribution >= 4 is 24.1 Å². The van der Waals surface area contributed by atoms with Crippen LogP contribution in [0.3, 0.4) is 0 Å². The molecule has 0 aliphatic rings. The van der Waals surface area contributed by atoms with Crippen LogP contribution in [0.15, 0.2) is 0 Å². The second kappa shape index (κ2) is 31.7. The van der Waals surface area contributed by atoms with E-state index in [-0.39, 0.29) is 49.2 Å². The van der Waals surface area contributed by atoms with Gasteiger partial charge in [0.05, 0.1) is 26.1 Å². The summed E-state index contributed by atoms with van der Waals surface area (Å²) in [4.78, 5) is 53.1. The summed E-state index contributed by atoms with van der Waals surface area (Å²) in [7, 11) is 0. The van der Waals surface area contributed by atoms with Crippen molar-refractivity contribution in [1.82, 2.24) is 20.4 Å². The van der Waals surface area contributed by atoms with E-state index in [1.54, 1.807) is 0 Å². The lowest BCUT2D eigenvalue weighted by Crippen LogP contribution is -2.37. The highest BCUT2D eigenvalue weighted by molar-refractivity contribution is 5.70. The topological polar surface area (TPSA) is 136 Å². The number of carbonyl (C=O) groups is 4. The zero-order valence-corrected chi connectivity index (χ0v) is 31.3. The molecule has 12 nitrogen and oxygen atoms in total. The second-order valence-corrected chi connectivity index (χ2v) is 12.2. The summed E-state index contributed by atoms with van der Waals surface area (Å²) < 4.78 is 21.7. The van der Waals surface area contributed by atoms with Crippen molar-refractivity contribution in [2.45, 2.75) is 144 Å². The normalized spacial score (nSPS) is 12.4. The van der Waals surface area contributed by atoms with Gasteiger partial charge >= 0.3 is 24.1 Å². The van der Waals surface area contributed by atoms with Crippen LogP contribution in [0.1, 0.15) is 131 Å². The number of nitrogens with one attached hydrogen (secondary N) is 2. The van der Waals surface area contributed by atoms with Crippen molar-refractivity contribution in [3.63, 3.8) is 0 Å². The summed E-state index contributed by atoms with van der Waals surface area (Å²) in [6.07, 6.45) is 9.77.